The average molecular weight is 617 g/mol. The predicted molar refractivity (Wildman–Crippen MR) is 194 cm³/mol. The smallest absolute Gasteiger partial charge is 0.127 e. The van der Waals surface area contributed by atoms with Gasteiger partial charge in [-0.2, -0.15) is 0 Å². The highest BCUT2D eigenvalue weighted by Crippen LogP contribution is 2.15. The van der Waals surface area contributed by atoms with Crippen molar-refractivity contribution in [2.24, 2.45) is 0 Å². The standard InChI is InChI=1S/C36H75N.C3H7ClO/c1-3-5-7-9-11-13-15-17-19-21-23-25-27-29-31-33-35-37-36-34-32-30-28-26-24-22-20-18-16-14-12-10-8-6-4-2;1-2-3(4)5/h37H,3-36H2,1-2H3;3,5H,2H2,1H3. The summed E-state index contributed by atoms with van der Waals surface area (Å²) < 4.78 is 0. The van der Waals surface area contributed by atoms with E-state index in [0.29, 0.717) is 6.42 Å². The predicted octanol–water partition coefficient (Wildman–Crippen LogP) is 14.1. The molecule has 0 heterocycles. The van der Waals surface area contributed by atoms with Crippen LogP contribution in [-0.4, -0.2) is 23.8 Å². The van der Waals surface area contributed by atoms with Crippen molar-refractivity contribution in [3.05, 3.63) is 0 Å². The van der Waals surface area contributed by atoms with Crippen LogP contribution in [0.25, 0.3) is 0 Å². The Balaban J connectivity index is 0. The van der Waals surface area contributed by atoms with Gasteiger partial charge in [0.25, 0.3) is 0 Å². The van der Waals surface area contributed by atoms with Crippen LogP contribution in [0.5, 0.6) is 0 Å². The number of hydrogen-bond acceptors (Lipinski definition) is 2. The van der Waals surface area contributed by atoms with Crippen molar-refractivity contribution < 1.29 is 5.11 Å². The molecule has 42 heavy (non-hydrogen) atoms. The zero-order valence-electron chi connectivity index (χ0n) is 29.7. The van der Waals surface area contributed by atoms with Gasteiger partial charge >= 0.3 is 0 Å². The molecular weight excluding hydrogens is 534 g/mol. The van der Waals surface area contributed by atoms with E-state index in [1.165, 1.54) is 219 Å². The summed E-state index contributed by atoms with van der Waals surface area (Å²) in [6.07, 6.45) is 47.3. The third-order valence-electron chi connectivity index (χ3n) is 8.75. The van der Waals surface area contributed by atoms with Gasteiger partial charge in [0.05, 0.1) is 0 Å². The number of rotatable bonds is 35. The van der Waals surface area contributed by atoms with Crippen molar-refractivity contribution in [1.82, 2.24) is 5.32 Å². The second-order valence-corrected chi connectivity index (χ2v) is 13.7. The lowest BCUT2D eigenvalue weighted by atomic mass is 10.0. The summed E-state index contributed by atoms with van der Waals surface area (Å²) in [5.74, 6) is 0. The van der Waals surface area contributed by atoms with Crippen molar-refractivity contribution in [3.8, 4) is 0 Å². The van der Waals surface area contributed by atoms with Gasteiger partial charge in [0.2, 0.25) is 0 Å². The summed E-state index contributed by atoms with van der Waals surface area (Å²) in [7, 11) is 0. The first-order valence-electron chi connectivity index (χ1n) is 19.7. The molecule has 0 saturated carbocycles. The van der Waals surface area contributed by atoms with Gasteiger partial charge in [0, 0.05) is 0 Å². The van der Waals surface area contributed by atoms with Crippen molar-refractivity contribution >= 4 is 11.6 Å². The van der Waals surface area contributed by atoms with Crippen molar-refractivity contribution in [2.45, 2.75) is 238 Å². The molecule has 0 aromatic heterocycles. The molecule has 0 spiro atoms. The Labute approximate surface area is 272 Å². The molecular formula is C39H82ClNO. The molecule has 0 rings (SSSR count). The fraction of sp³-hybridized carbons (Fsp3) is 1.00. The number of halogens is 1. The zero-order chi connectivity index (χ0) is 31.0. The first-order chi connectivity index (χ1) is 20.7. The third-order valence-corrected chi connectivity index (χ3v) is 9.06. The average Bonchev–Trinajstić information content (AvgIpc) is 2.99. The monoisotopic (exact) mass is 616 g/mol. The van der Waals surface area contributed by atoms with Gasteiger partial charge in [-0.3, -0.25) is 0 Å². The summed E-state index contributed by atoms with van der Waals surface area (Å²) in [6.45, 7) is 8.92. The van der Waals surface area contributed by atoms with Gasteiger partial charge in [-0.25, -0.2) is 0 Å². The summed E-state index contributed by atoms with van der Waals surface area (Å²) in [4.78, 5) is 0. The van der Waals surface area contributed by atoms with Gasteiger partial charge < -0.3 is 10.4 Å². The van der Waals surface area contributed by atoms with Crippen molar-refractivity contribution in [3.63, 3.8) is 0 Å². The number of alkyl halides is 1. The zero-order valence-corrected chi connectivity index (χ0v) is 30.4. The first kappa shape index (κ1) is 44.3. The second kappa shape index (κ2) is 43.3. The summed E-state index contributed by atoms with van der Waals surface area (Å²) in [6, 6.07) is 0. The van der Waals surface area contributed by atoms with Crippen LogP contribution in [0, 0.1) is 0 Å². The molecule has 0 saturated heterocycles. The van der Waals surface area contributed by atoms with Crippen LogP contribution in [0.3, 0.4) is 0 Å². The van der Waals surface area contributed by atoms with Crippen LogP contribution in [0.15, 0.2) is 0 Å². The van der Waals surface area contributed by atoms with Crippen LogP contribution in [0.1, 0.15) is 233 Å². The number of aliphatic hydroxyl groups is 1. The number of hydrogen-bond donors (Lipinski definition) is 2. The van der Waals surface area contributed by atoms with Gasteiger partial charge in [-0.05, 0) is 32.4 Å². The second-order valence-electron chi connectivity index (χ2n) is 13.2. The minimum absolute atomic E-state index is 0.627. The Hall–Kier alpha value is 0.210. The fourth-order valence-corrected chi connectivity index (χ4v) is 5.72. The SMILES string of the molecule is CCC(O)Cl.CCCCCCCCCCCCCCCCCCNCCCCCCCCCCCCCCCCCC. The van der Waals surface area contributed by atoms with Crippen LogP contribution in [0.4, 0.5) is 0 Å². The Bertz CT molecular complexity index is 397. The Morgan fingerprint density at radius 1 is 0.357 bits per heavy atom. The molecule has 0 amide bonds. The maximum absolute atomic E-state index is 8.13. The first-order valence-corrected chi connectivity index (χ1v) is 20.1. The van der Waals surface area contributed by atoms with Crippen LogP contribution in [-0.2, 0) is 0 Å². The Morgan fingerprint density at radius 2 is 0.524 bits per heavy atom. The lowest BCUT2D eigenvalue weighted by Crippen LogP contribution is -2.16. The molecule has 0 aromatic carbocycles. The van der Waals surface area contributed by atoms with Gasteiger partial charge in [0.1, 0.15) is 5.56 Å². The molecule has 0 aliphatic carbocycles. The largest absolute Gasteiger partial charge is 0.378 e. The maximum Gasteiger partial charge on any atom is 0.127 e. The summed E-state index contributed by atoms with van der Waals surface area (Å²) >= 11 is 5.02. The van der Waals surface area contributed by atoms with Gasteiger partial charge in [0.15, 0.2) is 0 Å². The van der Waals surface area contributed by atoms with E-state index < -0.39 is 5.56 Å². The van der Waals surface area contributed by atoms with Crippen LogP contribution in [0.2, 0.25) is 0 Å². The molecule has 1 atom stereocenters. The number of aliphatic hydroxyl groups excluding tert-OH is 1. The Kier molecular flexibility index (Phi) is 45.7. The number of unbranched alkanes of at least 4 members (excludes halogenated alkanes) is 30. The third kappa shape index (κ3) is 47.1. The van der Waals surface area contributed by atoms with Crippen molar-refractivity contribution in [1.29, 1.82) is 0 Å². The lowest BCUT2D eigenvalue weighted by Gasteiger charge is -2.06. The molecule has 2 N–H and O–H groups in total. The van der Waals surface area contributed by atoms with E-state index in [0.717, 1.165) is 0 Å². The van der Waals surface area contributed by atoms with Crippen molar-refractivity contribution in [2.75, 3.05) is 13.1 Å². The molecule has 0 aliphatic heterocycles. The summed E-state index contributed by atoms with van der Waals surface area (Å²) in [5.41, 5.74) is -0.644. The molecule has 256 valence electrons. The van der Waals surface area contributed by atoms with Crippen LogP contribution >= 0.6 is 11.6 Å². The van der Waals surface area contributed by atoms with Gasteiger partial charge in [-0.15, -0.1) is 0 Å². The molecule has 1 unspecified atom stereocenters. The van der Waals surface area contributed by atoms with E-state index >= 15 is 0 Å². The van der Waals surface area contributed by atoms with E-state index in [9.17, 15) is 0 Å². The molecule has 0 radical (unpaired) electrons. The number of nitrogens with one attached hydrogen (secondary N) is 1. The van der Waals surface area contributed by atoms with E-state index in [1.807, 2.05) is 6.92 Å². The molecule has 0 bridgehead atoms. The molecule has 0 aliphatic rings. The fourth-order valence-electron chi connectivity index (χ4n) is 5.72. The van der Waals surface area contributed by atoms with E-state index in [4.69, 9.17) is 16.7 Å². The van der Waals surface area contributed by atoms with E-state index in [-0.39, 0.29) is 0 Å². The highest BCUT2D eigenvalue weighted by Gasteiger charge is 1.97. The minimum atomic E-state index is -0.644. The highest BCUT2D eigenvalue weighted by atomic mass is 35.5. The highest BCUT2D eigenvalue weighted by molar-refractivity contribution is 6.19. The molecule has 2 nitrogen and oxygen atoms in total. The normalized spacial score (nSPS) is 11.9. The molecule has 0 fully saturated rings. The molecule has 3 heteroatoms. The Morgan fingerprint density at radius 3 is 0.690 bits per heavy atom. The molecule has 0 aromatic rings. The van der Waals surface area contributed by atoms with E-state index in [2.05, 4.69) is 19.2 Å². The van der Waals surface area contributed by atoms with Gasteiger partial charge in [-0.1, -0.05) is 225 Å². The topological polar surface area (TPSA) is 32.3 Å². The minimum Gasteiger partial charge on any atom is -0.378 e. The van der Waals surface area contributed by atoms with E-state index in [1.54, 1.807) is 0 Å². The van der Waals surface area contributed by atoms with Crippen LogP contribution < -0.4 is 5.32 Å². The summed E-state index contributed by atoms with van der Waals surface area (Å²) in [5, 5.41) is 11.8. The lowest BCUT2D eigenvalue weighted by molar-refractivity contribution is 0.252. The quantitative estimate of drug-likeness (QED) is 0.0549. The maximum atomic E-state index is 8.13.